The summed E-state index contributed by atoms with van der Waals surface area (Å²) >= 11 is 0. The lowest BCUT2D eigenvalue weighted by atomic mass is 10.0. The lowest BCUT2D eigenvalue weighted by Gasteiger charge is -2.21. The SMILES string of the molecule is CC(C)CC(NC(Cc1cn(CCCc2ccccc2)nn1)C(=O)O)C(=O)O. The lowest BCUT2D eigenvalue weighted by molar-refractivity contribution is -0.142. The first-order valence-electron chi connectivity index (χ1n) is 9.49. The first-order valence-corrected chi connectivity index (χ1v) is 9.49. The number of nitrogens with zero attached hydrogens (tertiary/aromatic N) is 3. The molecule has 0 bridgehead atoms. The van der Waals surface area contributed by atoms with Crippen LogP contribution in [-0.2, 0) is 29.0 Å². The summed E-state index contributed by atoms with van der Waals surface area (Å²) in [6.07, 6.45) is 3.97. The molecule has 2 aromatic rings. The molecule has 0 saturated heterocycles. The Morgan fingerprint density at radius 2 is 1.79 bits per heavy atom. The molecule has 2 unspecified atom stereocenters. The average Bonchev–Trinajstić information content (AvgIpc) is 3.08. The van der Waals surface area contributed by atoms with E-state index >= 15 is 0 Å². The maximum absolute atomic E-state index is 11.6. The average molecular weight is 388 g/mol. The van der Waals surface area contributed by atoms with Gasteiger partial charge in [0.2, 0.25) is 0 Å². The quantitative estimate of drug-likeness (QED) is 0.509. The van der Waals surface area contributed by atoms with Crippen molar-refractivity contribution >= 4 is 11.9 Å². The Labute approximate surface area is 164 Å². The van der Waals surface area contributed by atoms with Crippen molar-refractivity contribution in [2.75, 3.05) is 0 Å². The highest BCUT2D eigenvalue weighted by Crippen LogP contribution is 2.09. The molecule has 0 aliphatic rings. The van der Waals surface area contributed by atoms with Crippen LogP contribution in [-0.4, -0.2) is 49.2 Å². The highest BCUT2D eigenvalue weighted by molar-refractivity contribution is 5.77. The number of carboxylic acids is 2. The lowest BCUT2D eigenvalue weighted by Crippen LogP contribution is -2.48. The van der Waals surface area contributed by atoms with Crippen molar-refractivity contribution in [3.63, 3.8) is 0 Å². The third-order valence-electron chi connectivity index (χ3n) is 4.40. The van der Waals surface area contributed by atoms with E-state index in [0.29, 0.717) is 18.7 Å². The fraction of sp³-hybridized carbons (Fsp3) is 0.500. The van der Waals surface area contributed by atoms with Crippen LogP contribution in [0.25, 0.3) is 0 Å². The van der Waals surface area contributed by atoms with E-state index in [9.17, 15) is 19.8 Å². The smallest absolute Gasteiger partial charge is 0.321 e. The number of hydrogen-bond donors (Lipinski definition) is 3. The number of aromatic nitrogens is 3. The summed E-state index contributed by atoms with van der Waals surface area (Å²) < 4.78 is 1.69. The van der Waals surface area contributed by atoms with Gasteiger partial charge in [-0.15, -0.1) is 5.10 Å². The van der Waals surface area contributed by atoms with Gasteiger partial charge in [0.05, 0.1) is 5.69 Å². The predicted octanol–water partition coefficient (Wildman–Crippen LogP) is 2.00. The van der Waals surface area contributed by atoms with Gasteiger partial charge in [0.25, 0.3) is 0 Å². The second kappa shape index (κ2) is 10.6. The Kier molecular flexibility index (Phi) is 8.13. The van der Waals surface area contributed by atoms with E-state index in [2.05, 4.69) is 27.8 Å². The largest absolute Gasteiger partial charge is 0.480 e. The highest BCUT2D eigenvalue weighted by Gasteiger charge is 2.27. The van der Waals surface area contributed by atoms with Gasteiger partial charge in [-0.3, -0.25) is 19.6 Å². The molecule has 0 saturated carbocycles. The molecule has 0 aliphatic heterocycles. The number of carboxylic acid groups (broad SMARTS) is 2. The van der Waals surface area contributed by atoms with Crippen LogP contribution >= 0.6 is 0 Å². The number of nitrogens with one attached hydrogen (secondary N) is 1. The molecule has 1 aromatic carbocycles. The molecule has 1 heterocycles. The second-order valence-electron chi connectivity index (χ2n) is 7.34. The molecule has 2 rings (SSSR count). The summed E-state index contributed by atoms with van der Waals surface area (Å²) in [4.78, 5) is 23.0. The van der Waals surface area contributed by atoms with E-state index in [1.807, 2.05) is 32.0 Å². The maximum atomic E-state index is 11.6. The van der Waals surface area contributed by atoms with E-state index < -0.39 is 24.0 Å². The monoisotopic (exact) mass is 388 g/mol. The molecule has 28 heavy (non-hydrogen) atoms. The molecule has 0 fully saturated rings. The number of aryl methyl sites for hydroxylation is 2. The second-order valence-corrected chi connectivity index (χ2v) is 7.34. The van der Waals surface area contributed by atoms with Gasteiger partial charge in [-0.2, -0.15) is 0 Å². The van der Waals surface area contributed by atoms with Gasteiger partial charge in [-0.05, 0) is 30.7 Å². The van der Waals surface area contributed by atoms with Crippen LogP contribution in [0.3, 0.4) is 0 Å². The van der Waals surface area contributed by atoms with E-state index in [1.54, 1.807) is 10.9 Å². The summed E-state index contributed by atoms with van der Waals surface area (Å²) in [6, 6.07) is 8.20. The fourth-order valence-corrected chi connectivity index (χ4v) is 3.01. The van der Waals surface area contributed by atoms with Crippen LogP contribution in [0.1, 0.15) is 37.9 Å². The normalized spacial score (nSPS) is 13.4. The Balaban J connectivity index is 1.90. The summed E-state index contributed by atoms with van der Waals surface area (Å²) in [5.41, 5.74) is 1.77. The molecule has 3 N–H and O–H groups in total. The summed E-state index contributed by atoms with van der Waals surface area (Å²) in [5, 5.41) is 29.6. The van der Waals surface area contributed by atoms with E-state index in [1.165, 1.54) is 5.56 Å². The minimum absolute atomic E-state index is 0.0793. The van der Waals surface area contributed by atoms with Gasteiger partial charge in [0.15, 0.2) is 0 Å². The molecular formula is C20H28N4O4. The first-order chi connectivity index (χ1) is 13.3. The van der Waals surface area contributed by atoms with E-state index in [4.69, 9.17) is 0 Å². The Hall–Kier alpha value is -2.74. The Bertz CT molecular complexity index is 761. The molecule has 1 aromatic heterocycles. The van der Waals surface area contributed by atoms with Gasteiger partial charge in [0, 0.05) is 19.2 Å². The highest BCUT2D eigenvalue weighted by atomic mass is 16.4. The fourth-order valence-electron chi connectivity index (χ4n) is 3.01. The zero-order valence-electron chi connectivity index (χ0n) is 16.3. The van der Waals surface area contributed by atoms with Crippen molar-refractivity contribution in [2.45, 2.75) is 58.2 Å². The minimum atomic E-state index is -1.10. The van der Waals surface area contributed by atoms with Crippen LogP contribution in [0, 0.1) is 5.92 Å². The molecule has 8 heteroatoms. The van der Waals surface area contributed by atoms with Gasteiger partial charge < -0.3 is 10.2 Å². The van der Waals surface area contributed by atoms with E-state index in [-0.39, 0.29) is 12.3 Å². The van der Waals surface area contributed by atoms with Crippen LogP contribution < -0.4 is 5.32 Å². The molecule has 8 nitrogen and oxygen atoms in total. The maximum Gasteiger partial charge on any atom is 0.321 e. The topological polar surface area (TPSA) is 117 Å². The zero-order valence-corrected chi connectivity index (χ0v) is 16.3. The molecule has 0 aliphatic carbocycles. The van der Waals surface area contributed by atoms with Crippen molar-refractivity contribution in [3.05, 3.63) is 47.8 Å². The van der Waals surface area contributed by atoms with Gasteiger partial charge in [0.1, 0.15) is 12.1 Å². The number of benzene rings is 1. The van der Waals surface area contributed by atoms with Gasteiger partial charge in [-0.1, -0.05) is 49.4 Å². The first kappa shape index (κ1) is 21.6. The Morgan fingerprint density at radius 3 is 2.39 bits per heavy atom. The summed E-state index contributed by atoms with van der Waals surface area (Å²) in [6.45, 7) is 4.47. The number of rotatable bonds is 12. The molecule has 0 spiro atoms. The Morgan fingerprint density at radius 1 is 1.11 bits per heavy atom. The summed E-state index contributed by atoms with van der Waals surface area (Å²) in [7, 11) is 0. The van der Waals surface area contributed by atoms with Crippen LogP contribution in [0.15, 0.2) is 36.5 Å². The third kappa shape index (κ3) is 7.11. The number of hydrogen-bond acceptors (Lipinski definition) is 5. The van der Waals surface area contributed by atoms with Crippen LogP contribution in [0.2, 0.25) is 0 Å². The third-order valence-corrected chi connectivity index (χ3v) is 4.40. The van der Waals surface area contributed by atoms with Crippen molar-refractivity contribution in [2.24, 2.45) is 5.92 Å². The van der Waals surface area contributed by atoms with Crippen molar-refractivity contribution in [1.29, 1.82) is 0 Å². The molecule has 152 valence electrons. The van der Waals surface area contributed by atoms with Gasteiger partial charge >= 0.3 is 11.9 Å². The molecule has 0 amide bonds. The molecule has 2 atom stereocenters. The van der Waals surface area contributed by atoms with E-state index in [0.717, 1.165) is 12.8 Å². The van der Waals surface area contributed by atoms with Crippen molar-refractivity contribution < 1.29 is 19.8 Å². The minimum Gasteiger partial charge on any atom is -0.480 e. The standard InChI is InChI=1S/C20H28N4O4/c1-14(2)11-17(19(25)26)21-18(20(27)28)12-16-13-24(23-22-16)10-6-9-15-7-4-3-5-8-15/h3-5,7-8,13-14,17-18,21H,6,9-12H2,1-2H3,(H,25,26)(H,27,28). The summed E-state index contributed by atoms with van der Waals surface area (Å²) in [5.74, 6) is -2.02. The molecule has 0 radical (unpaired) electrons. The van der Waals surface area contributed by atoms with Crippen molar-refractivity contribution in [1.82, 2.24) is 20.3 Å². The van der Waals surface area contributed by atoms with Crippen LogP contribution in [0.4, 0.5) is 0 Å². The van der Waals surface area contributed by atoms with Gasteiger partial charge in [-0.25, -0.2) is 0 Å². The number of carbonyl (C=O) groups is 2. The molecular weight excluding hydrogens is 360 g/mol. The zero-order chi connectivity index (χ0) is 20.5. The van der Waals surface area contributed by atoms with Crippen LogP contribution in [0.5, 0.6) is 0 Å². The number of aliphatic carboxylic acids is 2. The van der Waals surface area contributed by atoms with Crippen molar-refractivity contribution in [3.8, 4) is 0 Å². The predicted molar refractivity (Wildman–Crippen MR) is 104 cm³/mol.